The van der Waals surface area contributed by atoms with Crippen LogP contribution in [0.4, 0.5) is 10.2 Å². The van der Waals surface area contributed by atoms with Gasteiger partial charge in [0.1, 0.15) is 17.2 Å². The van der Waals surface area contributed by atoms with Crippen molar-refractivity contribution in [2.75, 3.05) is 11.4 Å². The van der Waals surface area contributed by atoms with E-state index in [4.69, 9.17) is 0 Å². The number of pyridine rings is 1. The minimum atomic E-state index is -0.323. The van der Waals surface area contributed by atoms with E-state index in [0.29, 0.717) is 29.0 Å². The highest BCUT2D eigenvalue weighted by molar-refractivity contribution is 6.05. The summed E-state index contributed by atoms with van der Waals surface area (Å²) in [7, 11) is 0. The zero-order chi connectivity index (χ0) is 15.1. The minimum absolute atomic E-state index is 0.221. The molecule has 4 rings (SSSR count). The number of H-pyrrole nitrogens is 1. The van der Waals surface area contributed by atoms with Crippen LogP contribution in [0.3, 0.4) is 0 Å². The fourth-order valence-electron chi connectivity index (χ4n) is 2.69. The van der Waals surface area contributed by atoms with Crippen LogP contribution in [0, 0.1) is 5.82 Å². The van der Waals surface area contributed by atoms with E-state index in [0.717, 1.165) is 18.5 Å². The van der Waals surface area contributed by atoms with E-state index in [-0.39, 0.29) is 11.7 Å². The molecule has 0 spiro atoms. The Labute approximate surface area is 125 Å². The maximum Gasteiger partial charge on any atom is 0.278 e. The first-order chi connectivity index (χ1) is 10.7. The molecule has 0 fully saturated rings. The number of fused-ring (bicyclic) bond motifs is 2. The lowest BCUT2D eigenvalue weighted by Crippen LogP contribution is -2.36. The number of aromatic amines is 1. The summed E-state index contributed by atoms with van der Waals surface area (Å²) >= 11 is 0. The van der Waals surface area contributed by atoms with E-state index in [9.17, 15) is 9.18 Å². The van der Waals surface area contributed by atoms with E-state index in [1.807, 2.05) is 0 Å². The summed E-state index contributed by atoms with van der Waals surface area (Å²) in [6.07, 6.45) is 1.64. The fourth-order valence-corrected chi connectivity index (χ4v) is 2.69. The molecular formula is C15H12FN5O. The van der Waals surface area contributed by atoms with Crippen molar-refractivity contribution in [3.05, 3.63) is 47.5 Å². The van der Waals surface area contributed by atoms with Crippen LogP contribution in [0.1, 0.15) is 22.6 Å². The first-order valence-corrected chi connectivity index (χ1v) is 7.00. The SMILES string of the molecule is O=C(c1ccc2cc(F)ccc2n1)N1CCCc2n[nH]nc21. The summed E-state index contributed by atoms with van der Waals surface area (Å²) in [5.41, 5.74) is 1.70. The van der Waals surface area contributed by atoms with Crippen LogP contribution >= 0.6 is 0 Å². The van der Waals surface area contributed by atoms with Gasteiger partial charge >= 0.3 is 0 Å². The summed E-state index contributed by atoms with van der Waals surface area (Å²) < 4.78 is 13.2. The molecular weight excluding hydrogens is 285 g/mol. The van der Waals surface area contributed by atoms with Gasteiger partial charge in [-0.2, -0.15) is 10.3 Å². The molecule has 0 saturated heterocycles. The number of aryl methyl sites for hydroxylation is 1. The third kappa shape index (κ3) is 2.02. The molecule has 1 amide bonds. The van der Waals surface area contributed by atoms with Crippen LogP contribution in [0.5, 0.6) is 0 Å². The number of anilines is 1. The Bertz CT molecular complexity index is 875. The molecule has 1 aliphatic heterocycles. The van der Waals surface area contributed by atoms with Crippen LogP contribution < -0.4 is 4.90 Å². The predicted octanol–water partition coefficient (Wildman–Crippen LogP) is 2.08. The molecule has 0 unspecified atom stereocenters. The van der Waals surface area contributed by atoms with Crippen molar-refractivity contribution in [3.63, 3.8) is 0 Å². The van der Waals surface area contributed by atoms with Crippen LogP contribution in [0.25, 0.3) is 10.9 Å². The number of benzene rings is 1. The van der Waals surface area contributed by atoms with Crippen LogP contribution in [-0.2, 0) is 6.42 Å². The van der Waals surface area contributed by atoms with E-state index >= 15 is 0 Å². The Morgan fingerprint density at radius 3 is 3.05 bits per heavy atom. The average molecular weight is 297 g/mol. The van der Waals surface area contributed by atoms with Crippen molar-refractivity contribution in [2.45, 2.75) is 12.8 Å². The largest absolute Gasteiger partial charge is 0.288 e. The molecule has 0 bridgehead atoms. The zero-order valence-electron chi connectivity index (χ0n) is 11.6. The van der Waals surface area contributed by atoms with Crippen molar-refractivity contribution < 1.29 is 9.18 Å². The third-order valence-corrected chi connectivity index (χ3v) is 3.77. The average Bonchev–Trinajstić information content (AvgIpc) is 3.02. The normalized spacial score (nSPS) is 14.1. The molecule has 22 heavy (non-hydrogen) atoms. The molecule has 0 atom stereocenters. The highest BCUT2D eigenvalue weighted by Crippen LogP contribution is 2.24. The number of aromatic nitrogens is 4. The monoisotopic (exact) mass is 297 g/mol. The Morgan fingerprint density at radius 2 is 2.14 bits per heavy atom. The van der Waals surface area contributed by atoms with E-state index in [1.54, 1.807) is 23.1 Å². The topological polar surface area (TPSA) is 74.8 Å². The van der Waals surface area contributed by atoms with Crippen molar-refractivity contribution in [1.82, 2.24) is 20.4 Å². The molecule has 0 aliphatic carbocycles. The van der Waals surface area contributed by atoms with Crippen LogP contribution in [0.15, 0.2) is 30.3 Å². The standard InChI is InChI=1S/C15H12FN5O/c16-10-4-6-11-9(8-10)3-5-13(17-11)15(22)21-7-1-2-12-14(21)19-20-18-12/h3-6,8H,1-2,7H2,(H,18,19,20). The van der Waals surface area contributed by atoms with Gasteiger partial charge in [0.05, 0.1) is 5.52 Å². The summed E-state index contributed by atoms with van der Waals surface area (Å²) in [4.78, 5) is 18.6. The third-order valence-electron chi connectivity index (χ3n) is 3.77. The molecule has 0 radical (unpaired) electrons. The number of carbonyl (C=O) groups excluding carboxylic acids is 1. The lowest BCUT2D eigenvalue weighted by Gasteiger charge is -2.24. The van der Waals surface area contributed by atoms with Gasteiger partial charge in [0.15, 0.2) is 5.82 Å². The van der Waals surface area contributed by atoms with Gasteiger partial charge in [-0.25, -0.2) is 9.37 Å². The van der Waals surface area contributed by atoms with Gasteiger partial charge in [0.2, 0.25) is 0 Å². The number of nitrogens with zero attached hydrogens (tertiary/aromatic N) is 4. The van der Waals surface area contributed by atoms with Gasteiger partial charge in [0, 0.05) is 11.9 Å². The second kappa shape index (κ2) is 4.87. The Kier molecular flexibility index (Phi) is 2.85. The number of amides is 1. The van der Waals surface area contributed by atoms with E-state index in [1.165, 1.54) is 12.1 Å². The second-order valence-corrected chi connectivity index (χ2v) is 5.19. The van der Waals surface area contributed by atoms with Crippen LogP contribution in [0.2, 0.25) is 0 Å². The summed E-state index contributed by atoms with van der Waals surface area (Å²) in [5.74, 6) is 0.0231. The summed E-state index contributed by atoms with van der Waals surface area (Å²) in [6, 6.07) is 7.61. The highest BCUT2D eigenvalue weighted by Gasteiger charge is 2.27. The first kappa shape index (κ1) is 12.9. The lowest BCUT2D eigenvalue weighted by molar-refractivity contribution is 0.0980. The molecule has 6 nitrogen and oxygen atoms in total. The maximum atomic E-state index is 13.2. The molecule has 0 saturated carbocycles. The number of hydrogen-bond acceptors (Lipinski definition) is 4. The molecule has 1 aromatic carbocycles. The fraction of sp³-hybridized carbons (Fsp3) is 0.200. The summed E-state index contributed by atoms with van der Waals surface area (Å²) in [6.45, 7) is 0.585. The van der Waals surface area contributed by atoms with Crippen molar-refractivity contribution in [1.29, 1.82) is 0 Å². The Balaban J connectivity index is 1.73. The van der Waals surface area contributed by atoms with Gasteiger partial charge in [-0.05, 0) is 37.1 Å². The molecule has 2 aromatic heterocycles. The van der Waals surface area contributed by atoms with Gasteiger partial charge in [0.25, 0.3) is 5.91 Å². The van der Waals surface area contributed by atoms with Gasteiger partial charge in [-0.1, -0.05) is 6.07 Å². The van der Waals surface area contributed by atoms with Crippen molar-refractivity contribution in [2.24, 2.45) is 0 Å². The number of halogens is 1. The smallest absolute Gasteiger partial charge is 0.278 e. The van der Waals surface area contributed by atoms with Crippen molar-refractivity contribution in [3.8, 4) is 0 Å². The molecule has 1 N–H and O–H groups in total. The quantitative estimate of drug-likeness (QED) is 0.746. The lowest BCUT2D eigenvalue weighted by atomic mass is 10.1. The number of carbonyl (C=O) groups is 1. The molecule has 3 aromatic rings. The number of nitrogens with one attached hydrogen (secondary N) is 1. The highest BCUT2D eigenvalue weighted by atomic mass is 19.1. The van der Waals surface area contributed by atoms with Crippen LogP contribution in [-0.4, -0.2) is 32.8 Å². The second-order valence-electron chi connectivity index (χ2n) is 5.19. The predicted molar refractivity (Wildman–Crippen MR) is 78.1 cm³/mol. The van der Waals surface area contributed by atoms with E-state index < -0.39 is 0 Å². The minimum Gasteiger partial charge on any atom is -0.288 e. The molecule has 3 heterocycles. The van der Waals surface area contributed by atoms with Gasteiger partial charge in [-0.3, -0.25) is 9.69 Å². The Hall–Kier alpha value is -2.83. The number of rotatable bonds is 1. The zero-order valence-corrected chi connectivity index (χ0v) is 11.6. The Morgan fingerprint density at radius 1 is 1.23 bits per heavy atom. The maximum absolute atomic E-state index is 13.2. The number of hydrogen-bond donors (Lipinski definition) is 1. The molecule has 7 heteroatoms. The van der Waals surface area contributed by atoms with Crippen molar-refractivity contribution >= 4 is 22.6 Å². The molecule has 1 aliphatic rings. The van der Waals surface area contributed by atoms with E-state index in [2.05, 4.69) is 20.4 Å². The first-order valence-electron chi connectivity index (χ1n) is 7.00. The van der Waals surface area contributed by atoms with Gasteiger partial charge in [-0.15, -0.1) is 5.10 Å². The summed E-state index contributed by atoms with van der Waals surface area (Å²) in [5, 5.41) is 11.3. The molecule has 110 valence electrons. The van der Waals surface area contributed by atoms with Gasteiger partial charge < -0.3 is 0 Å².